The van der Waals surface area contributed by atoms with Crippen molar-refractivity contribution in [2.24, 2.45) is 11.1 Å². The Bertz CT molecular complexity index is 1300. The molecule has 190 valence electrons. The predicted molar refractivity (Wildman–Crippen MR) is 132 cm³/mol. The number of piperidine rings is 1. The third kappa shape index (κ3) is 4.38. The van der Waals surface area contributed by atoms with Crippen LogP contribution in [0.25, 0.3) is 0 Å². The van der Waals surface area contributed by atoms with Crippen molar-refractivity contribution in [3.05, 3.63) is 64.1 Å². The van der Waals surface area contributed by atoms with Crippen LogP contribution in [0.15, 0.2) is 46.6 Å². The van der Waals surface area contributed by atoms with Crippen molar-refractivity contribution >= 4 is 35.0 Å². The molecule has 7 nitrogen and oxygen atoms in total. The first-order valence-electron chi connectivity index (χ1n) is 11.4. The van der Waals surface area contributed by atoms with Gasteiger partial charge < -0.3 is 21.5 Å². The summed E-state index contributed by atoms with van der Waals surface area (Å²) in [6.07, 6.45) is 0.255. The van der Waals surface area contributed by atoms with Gasteiger partial charge in [-0.05, 0) is 47.9 Å². The number of aliphatic hydroxyl groups excluding tert-OH is 1. The molecule has 0 unspecified atom stereocenters. The Kier molecular flexibility index (Phi) is 6.52. The molecule has 0 bridgehead atoms. The summed E-state index contributed by atoms with van der Waals surface area (Å²) >= 11 is 7.48. The topological polar surface area (TPSA) is 114 Å². The van der Waals surface area contributed by atoms with Crippen LogP contribution >= 0.6 is 23.4 Å². The van der Waals surface area contributed by atoms with Gasteiger partial charge in [-0.15, -0.1) is 0 Å². The molecular formula is C24H24ClF3N6OS. The van der Waals surface area contributed by atoms with Crippen molar-refractivity contribution < 1.29 is 18.3 Å². The molecule has 0 saturated carbocycles. The lowest BCUT2D eigenvalue weighted by molar-refractivity contribution is -0.138. The molecule has 0 radical (unpaired) electrons. The maximum absolute atomic E-state index is 13.6. The summed E-state index contributed by atoms with van der Waals surface area (Å²) in [5, 5.41) is 10.9. The summed E-state index contributed by atoms with van der Waals surface area (Å²) in [6.45, 7) is 0.776. The first-order chi connectivity index (χ1) is 17.1. The number of nitrogens with two attached hydrogens (primary N) is 2. The Balaban J connectivity index is 1.34. The fraction of sp³-hybridized carbons (Fsp3) is 0.375. The van der Waals surface area contributed by atoms with E-state index >= 15 is 0 Å². The zero-order chi connectivity index (χ0) is 25.7. The zero-order valence-electron chi connectivity index (χ0n) is 19.1. The van der Waals surface area contributed by atoms with Crippen LogP contribution in [0, 0.1) is 5.41 Å². The standard InChI is InChI=1S/C24H24ClF3N6OS/c25-19-17(4-7-31-21(19)30)36-18-11-32-22(16(12-35)33-18)34-8-5-23(6-9-34)10-14-13(20(23)29)2-1-3-15(14)24(26,27)28/h1-4,7,11,20,35H,5-6,8-10,12,29H2,(H2,30,31)/t20-/m1/s1. The van der Waals surface area contributed by atoms with Crippen LogP contribution in [0.1, 0.15) is 41.3 Å². The molecule has 1 atom stereocenters. The average molecular weight is 537 g/mol. The van der Waals surface area contributed by atoms with Crippen LogP contribution in [0.2, 0.25) is 5.02 Å². The highest BCUT2D eigenvalue weighted by Gasteiger charge is 2.49. The zero-order valence-corrected chi connectivity index (χ0v) is 20.7. The lowest BCUT2D eigenvalue weighted by atomic mass is 9.73. The molecule has 2 aliphatic rings. The highest BCUT2D eigenvalue weighted by molar-refractivity contribution is 7.99. The molecule has 1 spiro atoms. The molecule has 5 N–H and O–H groups in total. The molecule has 3 heterocycles. The number of nitrogens with zero attached hydrogens (tertiary/aromatic N) is 4. The van der Waals surface area contributed by atoms with Gasteiger partial charge in [0.15, 0.2) is 5.82 Å². The van der Waals surface area contributed by atoms with Crippen molar-refractivity contribution in [1.82, 2.24) is 15.0 Å². The Morgan fingerprint density at radius 1 is 1.19 bits per heavy atom. The van der Waals surface area contributed by atoms with Crippen molar-refractivity contribution in [2.45, 2.75) is 48.0 Å². The normalized spacial score (nSPS) is 19.1. The quantitative estimate of drug-likeness (QED) is 0.443. The van der Waals surface area contributed by atoms with Gasteiger partial charge in [0.2, 0.25) is 0 Å². The maximum atomic E-state index is 13.6. The van der Waals surface area contributed by atoms with E-state index in [0.717, 1.165) is 6.07 Å². The minimum absolute atomic E-state index is 0.213. The molecule has 36 heavy (non-hydrogen) atoms. The summed E-state index contributed by atoms with van der Waals surface area (Å²) in [7, 11) is 0. The lowest BCUT2D eigenvalue weighted by Gasteiger charge is -2.42. The first-order valence-corrected chi connectivity index (χ1v) is 12.6. The van der Waals surface area contributed by atoms with Crippen molar-refractivity contribution in [2.75, 3.05) is 23.7 Å². The highest BCUT2D eigenvalue weighted by Crippen LogP contribution is 2.53. The summed E-state index contributed by atoms with van der Waals surface area (Å²) in [6, 6.07) is 5.54. The second-order valence-electron chi connectivity index (χ2n) is 9.12. The third-order valence-electron chi connectivity index (χ3n) is 7.15. The monoisotopic (exact) mass is 536 g/mol. The van der Waals surface area contributed by atoms with Crippen LogP contribution in [-0.2, 0) is 19.2 Å². The van der Waals surface area contributed by atoms with Crippen molar-refractivity contribution in [3.63, 3.8) is 0 Å². The molecule has 2 aromatic heterocycles. The number of nitrogen functional groups attached to an aromatic ring is 1. The fourth-order valence-corrected chi connectivity index (χ4v) is 6.29. The Labute approximate surface area is 215 Å². The highest BCUT2D eigenvalue weighted by atomic mass is 35.5. The molecule has 1 fully saturated rings. The van der Waals surface area contributed by atoms with E-state index < -0.39 is 23.2 Å². The number of halogens is 4. The second kappa shape index (κ2) is 9.37. The SMILES string of the molecule is Nc1nccc(Sc2cnc(N3CCC4(CC3)Cc3c(cccc3C(F)(F)F)[C@H]4N)c(CO)n2)c1Cl. The summed E-state index contributed by atoms with van der Waals surface area (Å²) in [5.74, 6) is 0.766. The van der Waals surface area contributed by atoms with Gasteiger partial charge in [-0.3, -0.25) is 0 Å². The fourth-order valence-electron chi connectivity index (χ4n) is 5.26. The van der Waals surface area contributed by atoms with E-state index in [0.29, 0.717) is 69.9 Å². The predicted octanol–water partition coefficient (Wildman–Crippen LogP) is 4.61. The lowest BCUT2D eigenvalue weighted by Crippen LogP contribution is -2.45. The molecule has 12 heteroatoms. The average Bonchev–Trinajstić information content (AvgIpc) is 3.13. The smallest absolute Gasteiger partial charge is 0.390 e. The summed E-state index contributed by atoms with van der Waals surface area (Å²) in [4.78, 5) is 15.7. The van der Waals surface area contributed by atoms with Gasteiger partial charge in [0, 0.05) is 30.2 Å². The number of alkyl halides is 3. The number of aliphatic hydroxyl groups is 1. The number of benzene rings is 1. The van der Waals surface area contributed by atoms with Crippen molar-refractivity contribution in [1.29, 1.82) is 0 Å². The second-order valence-corrected chi connectivity index (χ2v) is 10.6. The maximum Gasteiger partial charge on any atom is 0.416 e. The number of fused-ring (bicyclic) bond motifs is 1. The number of hydrogen-bond donors (Lipinski definition) is 3. The van der Waals surface area contributed by atoms with E-state index in [9.17, 15) is 18.3 Å². The minimum atomic E-state index is -4.41. The van der Waals surface area contributed by atoms with E-state index in [4.69, 9.17) is 23.1 Å². The van der Waals surface area contributed by atoms with Gasteiger partial charge in [-0.25, -0.2) is 15.0 Å². The van der Waals surface area contributed by atoms with Gasteiger partial charge in [0.25, 0.3) is 0 Å². The van der Waals surface area contributed by atoms with E-state index in [1.165, 1.54) is 17.8 Å². The first kappa shape index (κ1) is 25.1. The van der Waals surface area contributed by atoms with Gasteiger partial charge in [0.05, 0.1) is 23.4 Å². The van der Waals surface area contributed by atoms with Gasteiger partial charge in [-0.2, -0.15) is 13.2 Å². The number of rotatable bonds is 4. The Morgan fingerprint density at radius 2 is 1.94 bits per heavy atom. The molecule has 1 aliphatic heterocycles. The molecule has 1 saturated heterocycles. The van der Waals surface area contributed by atoms with Gasteiger partial charge in [0.1, 0.15) is 16.5 Å². The summed E-state index contributed by atoms with van der Waals surface area (Å²) in [5.41, 5.74) is 12.6. The number of hydrogen-bond acceptors (Lipinski definition) is 8. The van der Waals surface area contributed by atoms with Crippen LogP contribution in [0.5, 0.6) is 0 Å². The number of pyridine rings is 1. The van der Waals surface area contributed by atoms with Crippen LogP contribution in [0.3, 0.4) is 0 Å². The van der Waals surface area contributed by atoms with Gasteiger partial charge in [-0.1, -0.05) is 35.5 Å². The van der Waals surface area contributed by atoms with Crippen molar-refractivity contribution in [3.8, 4) is 0 Å². The molecular weight excluding hydrogens is 513 g/mol. The van der Waals surface area contributed by atoms with E-state index in [1.807, 2.05) is 4.90 Å². The molecule has 3 aromatic rings. The number of anilines is 2. The van der Waals surface area contributed by atoms with Gasteiger partial charge >= 0.3 is 6.18 Å². The van der Waals surface area contributed by atoms with E-state index in [-0.39, 0.29) is 12.4 Å². The largest absolute Gasteiger partial charge is 0.416 e. The molecule has 0 amide bonds. The third-order valence-corrected chi connectivity index (χ3v) is 8.62. The minimum Gasteiger partial charge on any atom is -0.390 e. The van der Waals surface area contributed by atoms with Crippen LogP contribution in [0.4, 0.5) is 24.8 Å². The van der Waals surface area contributed by atoms with E-state index in [1.54, 1.807) is 24.5 Å². The van der Waals surface area contributed by atoms with Crippen LogP contribution < -0.4 is 16.4 Å². The number of aromatic nitrogens is 3. The summed E-state index contributed by atoms with van der Waals surface area (Å²) < 4.78 is 40.8. The Morgan fingerprint density at radius 3 is 2.64 bits per heavy atom. The Hall–Kier alpha value is -2.60. The van der Waals surface area contributed by atoms with Crippen LogP contribution in [-0.4, -0.2) is 33.1 Å². The van der Waals surface area contributed by atoms with E-state index in [2.05, 4.69) is 15.0 Å². The molecule has 1 aliphatic carbocycles. The molecule has 1 aromatic carbocycles. The molecule has 5 rings (SSSR count).